The van der Waals surface area contributed by atoms with Crippen molar-refractivity contribution in [3.63, 3.8) is 0 Å². The number of aliphatic hydroxyl groups is 1. The standard InChI is InChI=1S/C15H12F2O4/c16-10-2-1-3-13(15(10)17)19-7-11(18)9-4-5-12-14(6-9)21-8-20-12/h1-6,11,18H,7-8H2. The first-order chi connectivity index (χ1) is 10.1. The van der Waals surface area contributed by atoms with E-state index in [-0.39, 0.29) is 19.1 Å². The molecule has 1 unspecified atom stereocenters. The maximum Gasteiger partial charge on any atom is 0.231 e. The largest absolute Gasteiger partial charge is 0.487 e. The minimum atomic E-state index is -1.07. The van der Waals surface area contributed by atoms with E-state index < -0.39 is 17.7 Å². The van der Waals surface area contributed by atoms with Gasteiger partial charge in [-0.3, -0.25) is 0 Å². The van der Waals surface area contributed by atoms with Gasteiger partial charge in [-0.05, 0) is 29.8 Å². The fraction of sp³-hybridized carbons (Fsp3) is 0.200. The van der Waals surface area contributed by atoms with Crippen LogP contribution in [0.3, 0.4) is 0 Å². The van der Waals surface area contributed by atoms with Gasteiger partial charge < -0.3 is 19.3 Å². The molecule has 110 valence electrons. The van der Waals surface area contributed by atoms with Crippen molar-refractivity contribution < 1.29 is 28.1 Å². The summed E-state index contributed by atoms with van der Waals surface area (Å²) in [6.07, 6.45) is -0.998. The first-order valence-electron chi connectivity index (χ1n) is 6.29. The average molecular weight is 294 g/mol. The van der Waals surface area contributed by atoms with Gasteiger partial charge in [0.15, 0.2) is 23.1 Å². The lowest BCUT2D eigenvalue weighted by molar-refractivity contribution is 0.105. The highest BCUT2D eigenvalue weighted by Crippen LogP contribution is 2.34. The minimum absolute atomic E-state index is 0.139. The highest BCUT2D eigenvalue weighted by Gasteiger charge is 2.18. The molecule has 1 N–H and O–H groups in total. The van der Waals surface area contributed by atoms with Crippen LogP contribution in [0.2, 0.25) is 0 Å². The number of fused-ring (bicyclic) bond motifs is 1. The van der Waals surface area contributed by atoms with Crippen molar-refractivity contribution in [2.45, 2.75) is 6.10 Å². The number of benzene rings is 2. The Labute approximate surface area is 119 Å². The summed E-state index contributed by atoms with van der Waals surface area (Å²) >= 11 is 0. The lowest BCUT2D eigenvalue weighted by Gasteiger charge is -2.13. The number of rotatable bonds is 4. The molecular weight excluding hydrogens is 282 g/mol. The van der Waals surface area contributed by atoms with Crippen LogP contribution in [0, 0.1) is 11.6 Å². The third-order valence-electron chi connectivity index (χ3n) is 3.09. The van der Waals surface area contributed by atoms with Crippen LogP contribution in [0.1, 0.15) is 11.7 Å². The van der Waals surface area contributed by atoms with E-state index in [0.29, 0.717) is 17.1 Å². The van der Waals surface area contributed by atoms with Crippen molar-refractivity contribution in [2.75, 3.05) is 13.4 Å². The third kappa shape index (κ3) is 2.75. The van der Waals surface area contributed by atoms with Gasteiger partial charge in [0, 0.05) is 0 Å². The van der Waals surface area contributed by atoms with Crippen LogP contribution in [0.5, 0.6) is 17.2 Å². The summed E-state index contributed by atoms with van der Waals surface area (Å²) in [5.74, 6) is -1.18. The monoisotopic (exact) mass is 294 g/mol. The van der Waals surface area contributed by atoms with E-state index in [4.69, 9.17) is 14.2 Å². The highest BCUT2D eigenvalue weighted by molar-refractivity contribution is 5.45. The fourth-order valence-corrected chi connectivity index (χ4v) is 1.98. The second-order valence-electron chi connectivity index (χ2n) is 4.49. The second kappa shape index (κ2) is 5.57. The van der Waals surface area contributed by atoms with Gasteiger partial charge in [-0.1, -0.05) is 12.1 Å². The van der Waals surface area contributed by atoms with E-state index in [1.165, 1.54) is 12.1 Å². The quantitative estimate of drug-likeness (QED) is 0.942. The van der Waals surface area contributed by atoms with Crippen LogP contribution in [0.25, 0.3) is 0 Å². The lowest BCUT2D eigenvalue weighted by Crippen LogP contribution is -2.10. The smallest absolute Gasteiger partial charge is 0.231 e. The molecule has 0 spiro atoms. The molecule has 0 saturated heterocycles. The van der Waals surface area contributed by atoms with Crippen LogP contribution in [-0.4, -0.2) is 18.5 Å². The van der Waals surface area contributed by atoms with E-state index in [1.54, 1.807) is 18.2 Å². The minimum Gasteiger partial charge on any atom is -0.487 e. The molecule has 0 radical (unpaired) electrons. The second-order valence-corrected chi connectivity index (χ2v) is 4.49. The predicted octanol–water partition coefficient (Wildman–Crippen LogP) is 2.81. The van der Waals surface area contributed by atoms with Crippen LogP contribution in [0.4, 0.5) is 8.78 Å². The van der Waals surface area contributed by atoms with Gasteiger partial charge >= 0.3 is 0 Å². The van der Waals surface area contributed by atoms with Crippen molar-refractivity contribution in [1.82, 2.24) is 0 Å². The zero-order valence-corrected chi connectivity index (χ0v) is 10.9. The van der Waals surface area contributed by atoms with Crippen LogP contribution in [0.15, 0.2) is 36.4 Å². The molecule has 6 heteroatoms. The average Bonchev–Trinajstić information content (AvgIpc) is 2.96. The van der Waals surface area contributed by atoms with E-state index in [9.17, 15) is 13.9 Å². The van der Waals surface area contributed by atoms with E-state index in [2.05, 4.69) is 0 Å². The molecule has 3 rings (SSSR count). The van der Waals surface area contributed by atoms with Crippen LogP contribution >= 0.6 is 0 Å². The van der Waals surface area contributed by atoms with Gasteiger partial charge in [0.05, 0.1) is 0 Å². The van der Waals surface area contributed by atoms with Gasteiger partial charge in [-0.25, -0.2) is 4.39 Å². The van der Waals surface area contributed by atoms with Crippen molar-refractivity contribution in [2.24, 2.45) is 0 Å². The van der Waals surface area contributed by atoms with Gasteiger partial charge in [-0.2, -0.15) is 4.39 Å². The van der Waals surface area contributed by atoms with E-state index >= 15 is 0 Å². The Bertz CT molecular complexity index is 660. The SMILES string of the molecule is OC(COc1cccc(F)c1F)c1ccc2c(c1)OCO2. The third-order valence-corrected chi connectivity index (χ3v) is 3.09. The first kappa shape index (κ1) is 13.6. The zero-order chi connectivity index (χ0) is 14.8. The van der Waals surface area contributed by atoms with Crippen molar-refractivity contribution in [3.05, 3.63) is 53.6 Å². The summed E-state index contributed by atoms with van der Waals surface area (Å²) in [6, 6.07) is 8.58. The fourth-order valence-electron chi connectivity index (χ4n) is 1.98. The molecule has 2 aromatic rings. The summed E-state index contributed by atoms with van der Waals surface area (Å²) in [6.45, 7) is -0.0695. The Morgan fingerprint density at radius 3 is 2.81 bits per heavy atom. The molecule has 1 aliphatic heterocycles. The summed E-state index contributed by atoms with van der Waals surface area (Å²) in [4.78, 5) is 0. The molecule has 0 bridgehead atoms. The highest BCUT2D eigenvalue weighted by atomic mass is 19.2. The molecule has 0 aliphatic carbocycles. The van der Waals surface area contributed by atoms with Crippen LogP contribution in [-0.2, 0) is 0 Å². The molecule has 21 heavy (non-hydrogen) atoms. The molecule has 1 heterocycles. The Kier molecular flexibility index (Phi) is 3.62. The molecule has 0 amide bonds. The normalized spacial score (nSPS) is 14.0. The zero-order valence-electron chi connectivity index (χ0n) is 10.9. The Morgan fingerprint density at radius 1 is 1.14 bits per heavy atom. The van der Waals surface area contributed by atoms with Gasteiger partial charge in [0.2, 0.25) is 12.6 Å². The van der Waals surface area contributed by atoms with Gasteiger partial charge in [0.1, 0.15) is 12.7 Å². The summed E-state index contributed by atoms with van der Waals surface area (Å²) in [5, 5.41) is 10.0. The number of hydrogen-bond donors (Lipinski definition) is 1. The number of aliphatic hydroxyl groups excluding tert-OH is 1. The molecule has 1 aliphatic rings. The Morgan fingerprint density at radius 2 is 1.95 bits per heavy atom. The summed E-state index contributed by atoms with van der Waals surface area (Å²) in [7, 11) is 0. The Balaban J connectivity index is 1.69. The molecule has 0 fully saturated rings. The van der Waals surface area contributed by atoms with Crippen molar-refractivity contribution >= 4 is 0 Å². The number of hydrogen-bond acceptors (Lipinski definition) is 4. The molecule has 4 nitrogen and oxygen atoms in total. The summed E-state index contributed by atoms with van der Waals surface area (Å²) < 4.78 is 41.9. The van der Waals surface area contributed by atoms with Gasteiger partial charge in [-0.15, -0.1) is 0 Å². The number of ether oxygens (including phenoxy) is 3. The van der Waals surface area contributed by atoms with Crippen LogP contribution < -0.4 is 14.2 Å². The van der Waals surface area contributed by atoms with Gasteiger partial charge in [0.25, 0.3) is 0 Å². The van der Waals surface area contributed by atoms with Crippen molar-refractivity contribution in [1.29, 1.82) is 0 Å². The summed E-state index contributed by atoms with van der Waals surface area (Å²) in [5.41, 5.74) is 0.538. The molecular formula is C15H12F2O4. The lowest BCUT2D eigenvalue weighted by atomic mass is 10.1. The topological polar surface area (TPSA) is 47.9 Å². The maximum absolute atomic E-state index is 13.4. The molecule has 0 aromatic heterocycles. The number of halogens is 2. The predicted molar refractivity (Wildman–Crippen MR) is 69.4 cm³/mol. The van der Waals surface area contributed by atoms with E-state index in [0.717, 1.165) is 6.07 Å². The Hall–Kier alpha value is -2.34. The maximum atomic E-state index is 13.4. The first-order valence-corrected chi connectivity index (χ1v) is 6.29. The van der Waals surface area contributed by atoms with E-state index in [1.807, 2.05) is 0 Å². The molecule has 1 atom stereocenters. The van der Waals surface area contributed by atoms with Crippen molar-refractivity contribution in [3.8, 4) is 17.2 Å². The molecule has 2 aromatic carbocycles. The molecule has 0 saturated carbocycles.